The first-order valence-corrected chi connectivity index (χ1v) is 9.06. The maximum Gasteiger partial charge on any atom is 0.125 e. The Bertz CT molecular complexity index is 1050. The molecule has 1 aromatic heterocycles. The van der Waals surface area contributed by atoms with Crippen molar-refractivity contribution in [3.8, 4) is 5.75 Å². The molecule has 0 N–H and O–H groups in total. The second-order valence-electron chi connectivity index (χ2n) is 6.36. The molecule has 0 spiro atoms. The highest BCUT2D eigenvalue weighted by atomic mass is 16.5. The van der Waals surface area contributed by atoms with E-state index >= 15 is 0 Å². The molecule has 27 heavy (non-hydrogen) atoms. The molecule has 0 saturated carbocycles. The Balaban J connectivity index is 1.53. The average Bonchev–Trinajstić information content (AvgIpc) is 3.16. The van der Waals surface area contributed by atoms with Crippen LogP contribution in [0.15, 0.2) is 84.9 Å². The number of ether oxygens (including phenoxy) is 1. The molecule has 4 aromatic rings. The first kappa shape index (κ1) is 17.0. The minimum absolute atomic E-state index is 0.0201. The zero-order chi connectivity index (χ0) is 18.5. The van der Waals surface area contributed by atoms with Crippen LogP contribution in [0.2, 0.25) is 0 Å². The highest BCUT2D eigenvalue weighted by molar-refractivity contribution is 5.74. The van der Waals surface area contributed by atoms with Gasteiger partial charge in [0.1, 0.15) is 17.9 Å². The topological polar surface area (TPSA) is 39.9 Å². The van der Waals surface area contributed by atoms with Crippen molar-refractivity contribution < 1.29 is 4.74 Å². The zero-order valence-electron chi connectivity index (χ0n) is 15.2. The van der Waals surface area contributed by atoms with E-state index in [1.807, 2.05) is 71.4 Å². The summed E-state index contributed by atoms with van der Waals surface area (Å²) in [6.07, 6.45) is 4.10. The summed E-state index contributed by atoms with van der Waals surface area (Å²) in [5.74, 6) is 0.863. The van der Waals surface area contributed by atoms with E-state index in [2.05, 4.69) is 41.5 Å². The van der Waals surface area contributed by atoms with Gasteiger partial charge in [0.2, 0.25) is 0 Å². The standard InChI is InChI=1S/C23H21N3O/c1-18(26-22-15-7-6-14-21(22)24-25-26)20-13-5-8-16-23(20)27-17-9-12-19-10-3-2-4-11-19/h2-16,18H,17H2,1H3. The molecule has 0 bridgehead atoms. The van der Waals surface area contributed by atoms with Crippen molar-refractivity contribution in [2.45, 2.75) is 13.0 Å². The van der Waals surface area contributed by atoms with E-state index in [0.717, 1.165) is 27.9 Å². The van der Waals surface area contributed by atoms with Crippen molar-refractivity contribution in [3.63, 3.8) is 0 Å². The van der Waals surface area contributed by atoms with Crippen LogP contribution in [0.25, 0.3) is 17.1 Å². The molecule has 0 saturated heterocycles. The van der Waals surface area contributed by atoms with Crippen molar-refractivity contribution >= 4 is 17.1 Å². The molecule has 4 rings (SSSR count). The monoisotopic (exact) mass is 355 g/mol. The molecule has 0 aliphatic heterocycles. The zero-order valence-corrected chi connectivity index (χ0v) is 15.2. The number of hydrogen-bond donors (Lipinski definition) is 0. The van der Waals surface area contributed by atoms with Crippen LogP contribution in [-0.2, 0) is 0 Å². The number of fused-ring (bicyclic) bond motifs is 1. The first-order valence-electron chi connectivity index (χ1n) is 9.06. The van der Waals surface area contributed by atoms with Gasteiger partial charge in [-0.1, -0.05) is 72.0 Å². The van der Waals surface area contributed by atoms with Crippen molar-refractivity contribution in [1.29, 1.82) is 0 Å². The maximum absolute atomic E-state index is 6.04. The van der Waals surface area contributed by atoms with Crippen LogP contribution in [0.4, 0.5) is 0 Å². The molecule has 4 heteroatoms. The van der Waals surface area contributed by atoms with Gasteiger partial charge in [-0.2, -0.15) is 0 Å². The Morgan fingerprint density at radius 1 is 0.926 bits per heavy atom. The first-order chi connectivity index (χ1) is 13.3. The molecule has 0 amide bonds. The smallest absolute Gasteiger partial charge is 0.125 e. The predicted molar refractivity (Wildman–Crippen MR) is 109 cm³/mol. The number of rotatable bonds is 6. The SMILES string of the molecule is CC(c1ccccc1OCC=Cc1ccccc1)n1nnc2ccccc21. The highest BCUT2D eigenvalue weighted by Gasteiger charge is 2.16. The van der Waals surface area contributed by atoms with E-state index in [4.69, 9.17) is 4.74 Å². The predicted octanol–water partition coefficient (Wildman–Crippen LogP) is 5.13. The number of benzene rings is 3. The van der Waals surface area contributed by atoms with Crippen LogP contribution < -0.4 is 4.74 Å². The molecule has 134 valence electrons. The van der Waals surface area contributed by atoms with Crippen molar-refractivity contribution in [3.05, 3.63) is 96.1 Å². The summed E-state index contributed by atoms with van der Waals surface area (Å²) in [6, 6.07) is 26.3. The van der Waals surface area contributed by atoms with Crippen LogP contribution in [-0.4, -0.2) is 21.6 Å². The summed E-state index contributed by atoms with van der Waals surface area (Å²) in [7, 11) is 0. The molecule has 4 nitrogen and oxygen atoms in total. The lowest BCUT2D eigenvalue weighted by molar-refractivity contribution is 0.354. The van der Waals surface area contributed by atoms with Gasteiger partial charge in [-0.25, -0.2) is 4.68 Å². The van der Waals surface area contributed by atoms with E-state index in [1.165, 1.54) is 0 Å². The van der Waals surface area contributed by atoms with Gasteiger partial charge >= 0.3 is 0 Å². The van der Waals surface area contributed by atoms with Gasteiger partial charge in [-0.05, 0) is 36.8 Å². The molecule has 0 aliphatic rings. The lowest BCUT2D eigenvalue weighted by atomic mass is 10.1. The lowest BCUT2D eigenvalue weighted by Crippen LogP contribution is -2.10. The molecule has 3 aromatic carbocycles. The molecule has 0 aliphatic carbocycles. The minimum atomic E-state index is 0.0201. The fraction of sp³-hybridized carbons (Fsp3) is 0.130. The molecule has 1 atom stereocenters. The van der Waals surface area contributed by atoms with E-state index in [1.54, 1.807) is 0 Å². The van der Waals surface area contributed by atoms with Crippen molar-refractivity contribution in [1.82, 2.24) is 15.0 Å². The summed E-state index contributed by atoms with van der Waals surface area (Å²) in [5.41, 5.74) is 4.16. The summed E-state index contributed by atoms with van der Waals surface area (Å²) in [4.78, 5) is 0. The van der Waals surface area contributed by atoms with Crippen molar-refractivity contribution in [2.75, 3.05) is 6.61 Å². The molecular weight excluding hydrogens is 334 g/mol. The van der Waals surface area contributed by atoms with Gasteiger partial charge in [0.15, 0.2) is 0 Å². The van der Waals surface area contributed by atoms with Crippen LogP contribution in [0.5, 0.6) is 5.75 Å². The van der Waals surface area contributed by atoms with Gasteiger partial charge in [-0.3, -0.25) is 0 Å². The summed E-state index contributed by atoms with van der Waals surface area (Å²) in [5, 5.41) is 8.61. The average molecular weight is 355 g/mol. The van der Waals surface area contributed by atoms with Gasteiger partial charge < -0.3 is 4.74 Å². The van der Waals surface area contributed by atoms with Gasteiger partial charge in [0.05, 0.1) is 11.6 Å². The molecule has 0 radical (unpaired) electrons. The molecule has 1 heterocycles. The third-order valence-corrected chi connectivity index (χ3v) is 4.56. The Hall–Kier alpha value is -3.40. The Kier molecular flexibility index (Phi) is 4.97. The van der Waals surface area contributed by atoms with Gasteiger partial charge in [0, 0.05) is 5.56 Å². The molecule has 1 unspecified atom stereocenters. The Labute approximate surface area is 158 Å². The maximum atomic E-state index is 6.04. The van der Waals surface area contributed by atoms with Crippen LogP contribution in [0.3, 0.4) is 0 Å². The van der Waals surface area contributed by atoms with Crippen LogP contribution in [0.1, 0.15) is 24.1 Å². The van der Waals surface area contributed by atoms with E-state index in [0.29, 0.717) is 6.61 Å². The second kappa shape index (κ2) is 7.87. The van der Waals surface area contributed by atoms with Crippen molar-refractivity contribution in [2.24, 2.45) is 0 Å². The quantitative estimate of drug-likeness (QED) is 0.481. The van der Waals surface area contributed by atoms with Gasteiger partial charge in [-0.15, -0.1) is 5.10 Å². The largest absolute Gasteiger partial charge is 0.489 e. The normalized spacial score (nSPS) is 12.5. The third kappa shape index (κ3) is 3.75. The molecular formula is C23H21N3O. The summed E-state index contributed by atoms with van der Waals surface area (Å²) >= 11 is 0. The second-order valence-corrected chi connectivity index (χ2v) is 6.36. The third-order valence-electron chi connectivity index (χ3n) is 4.56. The molecule has 0 fully saturated rings. The Morgan fingerprint density at radius 3 is 2.56 bits per heavy atom. The number of aromatic nitrogens is 3. The van der Waals surface area contributed by atoms with Crippen LogP contribution >= 0.6 is 0 Å². The lowest BCUT2D eigenvalue weighted by Gasteiger charge is -2.17. The van der Waals surface area contributed by atoms with Crippen LogP contribution in [0, 0.1) is 0 Å². The van der Waals surface area contributed by atoms with Gasteiger partial charge in [0.25, 0.3) is 0 Å². The highest BCUT2D eigenvalue weighted by Crippen LogP contribution is 2.29. The number of hydrogen-bond acceptors (Lipinski definition) is 3. The van der Waals surface area contributed by atoms with E-state index in [9.17, 15) is 0 Å². The minimum Gasteiger partial charge on any atom is -0.489 e. The fourth-order valence-electron chi connectivity index (χ4n) is 3.15. The van der Waals surface area contributed by atoms with E-state index in [-0.39, 0.29) is 6.04 Å². The summed E-state index contributed by atoms with van der Waals surface area (Å²) < 4.78 is 7.98. The fourth-order valence-corrected chi connectivity index (χ4v) is 3.15. The Morgan fingerprint density at radius 2 is 1.67 bits per heavy atom. The number of nitrogens with zero attached hydrogens (tertiary/aromatic N) is 3. The summed E-state index contributed by atoms with van der Waals surface area (Å²) in [6.45, 7) is 2.62. The number of para-hydroxylation sites is 2. The van der Waals surface area contributed by atoms with E-state index < -0.39 is 0 Å².